The molecule has 0 saturated heterocycles. The highest BCUT2D eigenvalue weighted by atomic mass is 16.4. The van der Waals surface area contributed by atoms with Crippen LogP contribution in [0.25, 0.3) is 10.9 Å². The highest BCUT2D eigenvalue weighted by Crippen LogP contribution is 2.21. The first-order chi connectivity index (χ1) is 13.6. The molecule has 29 heavy (non-hydrogen) atoms. The standard InChI is InChI=1S/C22H31N3O4/c1-7-14(5)19(21(27)23-18(12(2)3)22(28)29)24-20(26)17-11-15-10-13(4)8-9-16(15)25(17)6/h8-12,14,18-19H,7H2,1-6H3,(H,23,27)(H,24,26)(H,28,29). The second kappa shape index (κ2) is 9.11. The number of aryl methyl sites for hydroxylation is 2. The maximum Gasteiger partial charge on any atom is 0.326 e. The Kier molecular flexibility index (Phi) is 7.06. The van der Waals surface area contributed by atoms with Crippen molar-refractivity contribution in [2.75, 3.05) is 0 Å². The molecule has 0 aliphatic carbocycles. The van der Waals surface area contributed by atoms with Crippen molar-refractivity contribution in [1.82, 2.24) is 15.2 Å². The van der Waals surface area contributed by atoms with E-state index >= 15 is 0 Å². The van der Waals surface area contributed by atoms with E-state index in [1.165, 1.54) is 0 Å². The Morgan fingerprint density at radius 3 is 2.28 bits per heavy atom. The van der Waals surface area contributed by atoms with E-state index in [4.69, 9.17) is 0 Å². The first-order valence-corrected chi connectivity index (χ1v) is 9.96. The van der Waals surface area contributed by atoms with Crippen LogP contribution >= 0.6 is 0 Å². The van der Waals surface area contributed by atoms with Crippen molar-refractivity contribution < 1.29 is 19.5 Å². The van der Waals surface area contributed by atoms with Gasteiger partial charge in [-0.1, -0.05) is 45.7 Å². The lowest BCUT2D eigenvalue weighted by Gasteiger charge is -2.26. The molecule has 1 aromatic carbocycles. The molecule has 1 aromatic heterocycles. The average Bonchev–Trinajstić information content (AvgIpc) is 2.98. The van der Waals surface area contributed by atoms with Gasteiger partial charge in [0.25, 0.3) is 5.91 Å². The number of hydrogen-bond donors (Lipinski definition) is 3. The van der Waals surface area contributed by atoms with E-state index < -0.39 is 24.0 Å². The van der Waals surface area contributed by atoms with Crippen LogP contribution in [0.2, 0.25) is 0 Å². The van der Waals surface area contributed by atoms with Crippen molar-refractivity contribution in [3.63, 3.8) is 0 Å². The zero-order valence-electron chi connectivity index (χ0n) is 17.9. The quantitative estimate of drug-likeness (QED) is 0.633. The number of nitrogens with one attached hydrogen (secondary N) is 2. The molecule has 1 heterocycles. The number of aliphatic carboxylic acids is 1. The molecule has 2 aromatic rings. The van der Waals surface area contributed by atoms with Crippen molar-refractivity contribution in [2.24, 2.45) is 18.9 Å². The second-order valence-electron chi connectivity index (χ2n) is 8.06. The van der Waals surface area contributed by atoms with Crippen molar-refractivity contribution in [3.05, 3.63) is 35.5 Å². The largest absolute Gasteiger partial charge is 0.480 e. The van der Waals surface area contributed by atoms with E-state index in [0.717, 1.165) is 16.5 Å². The topological polar surface area (TPSA) is 100 Å². The van der Waals surface area contributed by atoms with Crippen LogP contribution in [0, 0.1) is 18.8 Å². The molecule has 0 bridgehead atoms. The van der Waals surface area contributed by atoms with Gasteiger partial charge in [-0.25, -0.2) is 4.79 Å². The summed E-state index contributed by atoms with van der Waals surface area (Å²) in [4.78, 5) is 37.3. The fourth-order valence-corrected chi connectivity index (χ4v) is 3.36. The molecule has 0 aliphatic heterocycles. The Labute approximate surface area is 171 Å². The van der Waals surface area contributed by atoms with Crippen LogP contribution in [0.1, 0.15) is 50.2 Å². The molecule has 2 amide bonds. The van der Waals surface area contributed by atoms with Gasteiger partial charge >= 0.3 is 5.97 Å². The minimum atomic E-state index is -1.09. The third-order valence-electron chi connectivity index (χ3n) is 5.44. The van der Waals surface area contributed by atoms with Gasteiger partial charge in [-0.05, 0) is 37.0 Å². The summed E-state index contributed by atoms with van der Waals surface area (Å²) in [5.74, 6) is -2.36. The van der Waals surface area contributed by atoms with Crippen molar-refractivity contribution in [2.45, 2.75) is 53.1 Å². The first-order valence-electron chi connectivity index (χ1n) is 9.96. The smallest absolute Gasteiger partial charge is 0.326 e. The monoisotopic (exact) mass is 401 g/mol. The van der Waals surface area contributed by atoms with Gasteiger partial charge in [-0.3, -0.25) is 9.59 Å². The lowest BCUT2D eigenvalue weighted by Crippen LogP contribution is -2.55. The van der Waals surface area contributed by atoms with E-state index in [9.17, 15) is 19.5 Å². The van der Waals surface area contributed by atoms with Crippen LogP contribution < -0.4 is 10.6 Å². The number of amides is 2. The molecule has 3 N–H and O–H groups in total. The fourth-order valence-electron chi connectivity index (χ4n) is 3.36. The van der Waals surface area contributed by atoms with E-state index in [0.29, 0.717) is 12.1 Å². The molecular formula is C22H31N3O4. The Hall–Kier alpha value is -2.83. The molecule has 0 radical (unpaired) electrons. The molecule has 158 valence electrons. The number of carboxylic acids is 1. The molecule has 7 heteroatoms. The van der Waals surface area contributed by atoms with Crippen LogP contribution in [-0.4, -0.2) is 39.5 Å². The number of aromatic nitrogens is 1. The molecule has 0 saturated carbocycles. The summed E-state index contributed by atoms with van der Waals surface area (Å²) >= 11 is 0. The number of benzene rings is 1. The molecule has 2 rings (SSSR count). The van der Waals surface area contributed by atoms with Crippen LogP contribution in [0.3, 0.4) is 0 Å². The molecule has 0 fully saturated rings. The lowest BCUT2D eigenvalue weighted by atomic mass is 9.96. The third-order valence-corrected chi connectivity index (χ3v) is 5.44. The number of carbonyl (C=O) groups is 3. The van der Waals surface area contributed by atoms with Gasteiger partial charge in [0.05, 0.1) is 0 Å². The summed E-state index contributed by atoms with van der Waals surface area (Å²) in [6.45, 7) is 9.23. The summed E-state index contributed by atoms with van der Waals surface area (Å²) in [7, 11) is 1.81. The SMILES string of the molecule is CCC(C)C(NC(=O)c1cc2cc(C)ccc2n1C)C(=O)NC(C(=O)O)C(C)C. The van der Waals surface area contributed by atoms with E-state index in [1.54, 1.807) is 24.5 Å². The zero-order chi connectivity index (χ0) is 21.9. The van der Waals surface area contributed by atoms with Crippen LogP contribution in [0.4, 0.5) is 0 Å². The molecule has 0 spiro atoms. The predicted octanol–water partition coefficient (Wildman–Crippen LogP) is 2.86. The molecule has 3 atom stereocenters. The van der Waals surface area contributed by atoms with Gasteiger partial charge in [0, 0.05) is 18.0 Å². The second-order valence-corrected chi connectivity index (χ2v) is 8.06. The Morgan fingerprint density at radius 2 is 1.72 bits per heavy atom. The van der Waals surface area contributed by atoms with Crippen LogP contribution in [0.5, 0.6) is 0 Å². The van der Waals surface area contributed by atoms with Gasteiger partial charge in [0.2, 0.25) is 5.91 Å². The van der Waals surface area contributed by atoms with Crippen molar-refractivity contribution in [3.8, 4) is 0 Å². The van der Waals surface area contributed by atoms with Gasteiger partial charge in [0.1, 0.15) is 17.8 Å². The number of nitrogens with zero attached hydrogens (tertiary/aromatic N) is 1. The normalized spacial score (nSPS) is 14.4. The maximum atomic E-state index is 13.0. The van der Waals surface area contributed by atoms with Gasteiger partial charge in [-0.2, -0.15) is 0 Å². The van der Waals surface area contributed by atoms with E-state index in [1.807, 2.05) is 46.0 Å². The third kappa shape index (κ3) is 4.96. The Bertz CT molecular complexity index is 916. The van der Waals surface area contributed by atoms with Crippen LogP contribution in [0.15, 0.2) is 24.3 Å². The van der Waals surface area contributed by atoms with Gasteiger partial charge in [0.15, 0.2) is 0 Å². The highest BCUT2D eigenvalue weighted by Gasteiger charge is 2.31. The fraction of sp³-hybridized carbons (Fsp3) is 0.500. The Morgan fingerprint density at radius 1 is 1.07 bits per heavy atom. The van der Waals surface area contributed by atoms with Gasteiger partial charge in [-0.15, -0.1) is 0 Å². The lowest BCUT2D eigenvalue weighted by molar-refractivity contribution is -0.143. The van der Waals surface area contributed by atoms with Crippen molar-refractivity contribution in [1.29, 1.82) is 0 Å². The van der Waals surface area contributed by atoms with Crippen molar-refractivity contribution >= 4 is 28.7 Å². The van der Waals surface area contributed by atoms with Gasteiger partial charge < -0.3 is 20.3 Å². The number of carboxylic acid groups (broad SMARTS) is 1. The average molecular weight is 402 g/mol. The minimum absolute atomic E-state index is 0.155. The zero-order valence-corrected chi connectivity index (χ0v) is 17.9. The summed E-state index contributed by atoms with van der Waals surface area (Å²) < 4.78 is 1.80. The molecule has 0 aliphatic rings. The summed E-state index contributed by atoms with van der Waals surface area (Å²) in [5, 5.41) is 15.7. The Balaban J connectivity index is 2.28. The summed E-state index contributed by atoms with van der Waals surface area (Å²) in [5.41, 5.74) is 2.47. The number of fused-ring (bicyclic) bond motifs is 1. The summed E-state index contributed by atoms with van der Waals surface area (Å²) in [6, 6.07) is 5.92. The number of carbonyl (C=O) groups excluding carboxylic acids is 2. The highest BCUT2D eigenvalue weighted by molar-refractivity contribution is 6.01. The molecular weight excluding hydrogens is 370 g/mol. The van der Waals surface area contributed by atoms with E-state index in [-0.39, 0.29) is 17.7 Å². The minimum Gasteiger partial charge on any atom is -0.480 e. The van der Waals surface area contributed by atoms with Crippen LogP contribution in [-0.2, 0) is 16.6 Å². The number of hydrogen-bond acceptors (Lipinski definition) is 3. The molecule has 3 unspecified atom stereocenters. The summed E-state index contributed by atoms with van der Waals surface area (Å²) in [6.07, 6.45) is 0.659. The van der Waals surface area contributed by atoms with E-state index in [2.05, 4.69) is 10.6 Å². The predicted molar refractivity (Wildman–Crippen MR) is 113 cm³/mol. The number of rotatable bonds is 8. The molecule has 7 nitrogen and oxygen atoms in total. The first kappa shape index (κ1) is 22.5. The maximum absolute atomic E-state index is 13.0.